The summed E-state index contributed by atoms with van der Waals surface area (Å²) in [5, 5.41) is 36.3. The fraction of sp³-hybridized carbons (Fsp3) is 0.333. The predicted molar refractivity (Wildman–Crippen MR) is 50.6 cm³/mol. The van der Waals surface area contributed by atoms with Crippen LogP contribution in [0.1, 0.15) is 11.7 Å². The van der Waals surface area contributed by atoms with Crippen LogP contribution < -0.4 is 5.73 Å². The monoisotopic (exact) mass is 199 g/mol. The van der Waals surface area contributed by atoms with Crippen molar-refractivity contribution < 1.29 is 20.4 Å². The number of aliphatic hydroxyl groups is 3. The third kappa shape index (κ3) is 2.14. The second kappa shape index (κ2) is 4.28. The Labute approximate surface area is 81.0 Å². The quantitative estimate of drug-likeness (QED) is 0.416. The summed E-state index contributed by atoms with van der Waals surface area (Å²) in [5.74, 6) is -0.0167. The minimum atomic E-state index is -1.28. The van der Waals surface area contributed by atoms with Crippen molar-refractivity contribution in [1.82, 2.24) is 0 Å². The molecule has 0 bridgehead atoms. The smallest absolute Gasteiger partial charge is 0.117 e. The number of rotatable bonds is 3. The maximum atomic E-state index is 9.49. The molecule has 0 aliphatic heterocycles. The van der Waals surface area contributed by atoms with Gasteiger partial charge in [0.15, 0.2) is 0 Å². The molecular weight excluding hydrogens is 186 g/mol. The van der Waals surface area contributed by atoms with Gasteiger partial charge < -0.3 is 26.2 Å². The molecule has 0 saturated carbocycles. The highest BCUT2D eigenvalue weighted by Gasteiger charge is 2.19. The topological polar surface area (TPSA) is 107 Å². The van der Waals surface area contributed by atoms with Crippen LogP contribution in [-0.2, 0) is 0 Å². The lowest BCUT2D eigenvalue weighted by Gasteiger charge is -2.17. The van der Waals surface area contributed by atoms with Crippen LogP contribution in [0.4, 0.5) is 5.69 Å². The van der Waals surface area contributed by atoms with Crippen molar-refractivity contribution in [3.63, 3.8) is 0 Å². The second-order valence-corrected chi connectivity index (χ2v) is 3.01. The highest BCUT2D eigenvalue weighted by molar-refractivity contribution is 5.52. The van der Waals surface area contributed by atoms with Crippen molar-refractivity contribution in [1.29, 1.82) is 0 Å². The van der Waals surface area contributed by atoms with Crippen LogP contribution in [-0.4, -0.2) is 33.1 Å². The van der Waals surface area contributed by atoms with Crippen LogP contribution in [0.15, 0.2) is 18.2 Å². The van der Waals surface area contributed by atoms with Crippen LogP contribution >= 0.6 is 0 Å². The largest absolute Gasteiger partial charge is 0.508 e. The first-order valence-corrected chi connectivity index (χ1v) is 4.11. The second-order valence-electron chi connectivity index (χ2n) is 3.01. The fourth-order valence-electron chi connectivity index (χ4n) is 1.14. The molecular formula is C9H13NO4. The van der Waals surface area contributed by atoms with Crippen LogP contribution in [0.3, 0.4) is 0 Å². The van der Waals surface area contributed by atoms with Crippen molar-refractivity contribution >= 4 is 5.69 Å². The first kappa shape index (κ1) is 10.8. The molecule has 2 atom stereocenters. The molecule has 2 unspecified atom stereocenters. The first-order valence-electron chi connectivity index (χ1n) is 4.11. The van der Waals surface area contributed by atoms with E-state index in [1.54, 1.807) is 0 Å². The van der Waals surface area contributed by atoms with Gasteiger partial charge in [-0.2, -0.15) is 0 Å². The summed E-state index contributed by atoms with van der Waals surface area (Å²) >= 11 is 0. The van der Waals surface area contributed by atoms with E-state index in [9.17, 15) is 5.11 Å². The number of nitrogens with two attached hydrogens (primary N) is 1. The normalized spacial score (nSPS) is 15.1. The number of anilines is 1. The van der Waals surface area contributed by atoms with E-state index in [1.165, 1.54) is 18.2 Å². The van der Waals surface area contributed by atoms with Crippen LogP contribution in [0.5, 0.6) is 5.75 Å². The maximum absolute atomic E-state index is 9.49. The van der Waals surface area contributed by atoms with Crippen LogP contribution in [0, 0.1) is 0 Å². The number of phenols is 1. The van der Waals surface area contributed by atoms with Crippen molar-refractivity contribution in [3.05, 3.63) is 23.8 Å². The van der Waals surface area contributed by atoms with Gasteiger partial charge in [-0.25, -0.2) is 0 Å². The van der Waals surface area contributed by atoms with E-state index in [0.29, 0.717) is 0 Å². The lowest BCUT2D eigenvalue weighted by atomic mass is 10.0. The van der Waals surface area contributed by atoms with Gasteiger partial charge in [0, 0.05) is 17.3 Å². The molecule has 0 aliphatic carbocycles. The average molecular weight is 199 g/mol. The molecule has 0 aromatic heterocycles. The zero-order chi connectivity index (χ0) is 10.7. The van der Waals surface area contributed by atoms with Gasteiger partial charge in [-0.05, 0) is 6.07 Å². The summed E-state index contributed by atoms with van der Waals surface area (Å²) in [6.07, 6.45) is -2.53. The number of hydrogen-bond donors (Lipinski definition) is 5. The molecule has 14 heavy (non-hydrogen) atoms. The van der Waals surface area contributed by atoms with Gasteiger partial charge >= 0.3 is 0 Å². The zero-order valence-corrected chi connectivity index (χ0v) is 7.46. The van der Waals surface area contributed by atoms with E-state index < -0.39 is 18.8 Å². The minimum Gasteiger partial charge on any atom is -0.508 e. The van der Waals surface area contributed by atoms with E-state index in [0.717, 1.165) is 0 Å². The third-order valence-corrected chi connectivity index (χ3v) is 1.94. The molecule has 5 nitrogen and oxygen atoms in total. The summed E-state index contributed by atoms with van der Waals surface area (Å²) < 4.78 is 0. The van der Waals surface area contributed by atoms with E-state index in [4.69, 9.17) is 21.1 Å². The lowest BCUT2D eigenvalue weighted by Crippen LogP contribution is -2.22. The third-order valence-electron chi connectivity index (χ3n) is 1.94. The van der Waals surface area contributed by atoms with Crippen molar-refractivity contribution in [2.24, 2.45) is 0 Å². The SMILES string of the molecule is Nc1cc(O)ccc1C(O)C(O)CO. The van der Waals surface area contributed by atoms with Gasteiger partial charge in [0.1, 0.15) is 18.0 Å². The standard InChI is InChI=1S/C9H13NO4/c10-7-3-5(12)1-2-6(7)9(14)8(13)4-11/h1-3,8-9,11-14H,4,10H2. The molecule has 1 aromatic carbocycles. The molecule has 5 heteroatoms. The molecule has 78 valence electrons. The Bertz CT molecular complexity index is 316. The molecule has 6 N–H and O–H groups in total. The molecule has 0 amide bonds. The van der Waals surface area contributed by atoms with Crippen molar-refractivity contribution in [2.45, 2.75) is 12.2 Å². The molecule has 0 saturated heterocycles. The molecule has 0 heterocycles. The number of hydrogen-bond acceptors (Lipinski definition) is 5. The van der Waals surface area contributed by atoms with E-state index in [2.05, 4.69) is 0 Å². The minimum absolute atomic E-state index is 0.0167. The Morgan fingerprint density at radius 1 is 1.29 bits per heavy atom. The number of phenolic OH excluding ortho intramolecular Hbond substituents is 1. The molecule has 0 spiro atoms. The van der Waals surface area contributed by atoms with Gasteiger partial charge in [0.05, 0.1) is 6.61 Å². The molecule has 1 rings (SSSR count). The first-order chi connectivity index (χ1) is 6.56. The Hall–Kier alpha value is -1.30. The molecule has 0 aliphatic rings. The molecule has 0 radical (unpaired) electrons. The van der Waals surface area contributed by atoms with E-state index >= 15 is 0 Å². The van der Waals surface area contributed by atoms with Crippen LogP contribution in [0.25, 0.3) is 0 Å². The lowest BCUT2D eigenvalue weighted by molar-refractivity contribution is -0.0149. The Kier molecular flexibility index (Phi) is 3.29. The van der Waals surface area contributed by atoms with Crippen LogP contribution in [0.2, 0.25) is 0 Å². The summed E-state index contributed by atoms with van der Waals surface area (Å²) in [4.78, 5) is 0. The number of aliphatic hydroxyl groups excluding tert-OH is 3. The van der Waals surface area contributed by atoms with Gasteiger partial charge in [-0.15, -0.1) is 0 Å². The number of benzene rings is 1. The Morgan fingerprint density at radius 2 is 1.93 bits per heavy atom. The van der Waals surface area contributed by atoms with Gasteiger partial charge in [-0.1, -0.05) is 6.07 Å². The Morgan fingerprint density at radius 3 is 2.43 bits per heavy atom. The highest BCUT2D eigenvalue weighted by atomic mass is 16.4. The fourth-order valence-corrected chi connectivity index (χ4v) is 1.14. The average Bonchev–Trinajstić information content (AvgIpc) is 2.15. The summed E-state index contributed by atoms with van der Waals surface area (Å²) in [5.41, 5.74) is 5.96. The molecule has 0 fully saturated rings. The number of aromatic hydroxyl groups is 1. The highest BCUT2D eigenvalue weighted by Crippen LogP contribution is 2.26. The van der Waals surface area contributed by atoms with Crippen molar-refractivity contribution in [2.75, 3.05) is 12.3 Å². The summed E-state index contributed by atoms with van der Waals surface area (Å²) in [6.45, 7) is -0.554. The molecule has 1 aromatic rings. The summed E-state index contributed by atoms with van der Waals surface area (Å²) in [7, 11) is 0. The Balaban J connectivity index is 2.95. The zero-order valence-electron chi connectivity index (χ0n) is 7.46. The van der Waals surface area contributed by atoms with Crippen molar-refractivity contribution in [3.8, 4) is 5.75 Å². The van der Waals surface area contributed by atoms with Gasteiger partial charge in [-0.3, -0.25) is 0 Å². The van der Waals surface area contributed by atoms with E-state index in [-0.39, 0.29) is 17.0 Å². The van der Waals surface area contributed by atoms with Gasteiger partial charge in [0.2, 0.25) is 0 Å². The van der Waals surface area contributed by atoms with E-state index in [1.807, 2.05) is 0 Å². The van der Waals surface area contributed by atoms with Gasteiger partial charge in [0.25, 0.3) is 0 Å². The summed E-state index contributed by atoms with van der Waals surface area (Å²) in [6, 6.07) is 4.01. The number of nitrogen functional groups attached to an aromatic ring is 1. The maximum Gasteiger partial charge on any atom is 0.117 e. The predicted octanol–water partition coefficient (Wildman–Crippen LogP) is -0.639.